The third kappa shape index (κ3) is 3.65. The van der Waals surface area contributed by atoms with Crippen molar-refractivity contribution in [3.05, 3.63) is 66.7 Å². The zero-order valence-corrected chi connectivity index (χ0v) is 14.9. The molecule has 0 spiro atoms. The van der Waals surface area contributed by atoms with Crippen molar-refractivity contribution in [3.63, 3.8) is 0 Å². The summed E-state index contributed by atoms with van der Waals surface area (Å²) in [5.74, 6) is 0. The van der Waals surface area contributed by atoms with Gasteiger partial charge in [0.1, 0.15) is 0 Å². The highest BCUT2D eigenvalue weighted by Crippen LogP contribution is 2.22. The molecule has 3 rings (SSSR count). The fraction of sp³-hybridized carbons (Fsp3) is 0.0588. The maximum atomic E-state index is 12.5. The zero-order chi connectivity index (χ0) is 18.1. The molecule has 3 aromatic rings. The predicted molar refractivity (Wildman–Crippen MR) is 97.4 cm³/mol. The maximum Gasteiger partial charge on any atom is 0.261 e. The third-order valence-electron chi connectivity index (χ3n) is 3.72. The first kappa shape index (κ1) is 17.4. The largest absolute Gasteiger partial charge is 0.280 e. The van der Waals surface area contributed by atoms with Crippen LogP contribution in [-0.4, -0.2) is 23.9 Å². The smallest absolute Gasteiger partial charge is 0.261 e. The fourth-order valence-corrected chi connectivity index (χ4v) is 4.19. The summed E-state index contributed by atoms with van der Waals surface area (Å²) in [7, 11) is -6.02. The Morgan fingerprint density at radius 1 is 0.680 bits per heavy atom. The van der Waals surface area contributed by atoms with Crippen LogP contribution in [0.25, 0.3) is 10.8 Å². The number of anilines is 1. The molecular formula is C17H16N2O4S2. The summed E-state index contributed by atoms with van der Waals surface area (Å²) in [5.41, 5.74) is 0.281. The summed E-state index contributed by atoms with van der Waals surface area (Å²) >= 11 is 0. The van der Waals surface area contributed by atoms with Crippen LogP contribution in [0.3, 0.4) is 0 Å². The van der Waals surface area contributed by atoms with Crippen LogP contribution in [0.5, 0.6) is 0 Å². The topological polar surface area (TPSA) is 92.3 Å². The Balaban J connectivity index is 1.90. The average Bonchev–Trinajstić information content (AvgIpc) is 2.61. The third-order valence-corrected chi connectivity index (χ3v) is 6.53. The zero-order valence-electron chi connectivity index (χ0n) is 13.3. The SMILES string of the molecule is CNS(=O)(=O)c1ccc(NS(=O)(=O)c2ccc3ccccc3c2)cc1. The molecule has 130 valence electrons. The van der Waals surface area contributed by atoms with E-state index in [9.17, 15) is 16.8 Å². The Hall–Kier alpha value is -2.42. The number of rotatable bonds is 5. The molecule has 0 atom stereocenters. The van der Waals surface area contributed by atoms with Gasteiger partial charge < -0.3 is 0 Å². The average molecular weight is 376 g/mol. The Morgan fingerprint density at radius 2 is 1.28 bits per heavy atom. The van der Waals surface area contributed by atoms with Crippen molar-refractivity contribution in [2.75, 3.05) is 11.8 Å². The monoisotopic (exact) mass is 376 g/mol. The van der Waals surface area contributed by atoms with E-state index in [2.05, 4.69) is 9.44 Å². The molecule has 0 bridgehead atoms. The molecule has 0 amide bonds. The quantitative estimate of drug-likeness (QED) is 0.716. The second kappa shape index (κ2) is 6.47. The molecule has 0 saturated carbocycles. The molecular weight excluding hydrogens is 360 g/mol. The summed E-state index contributed by atoms with van der Waals surface area (Å²) in [6.45, 7) is 0. The fourth-order valence-electron chi connectivity index (χ4n) is 2.37. The van der Waals surface area contributed by atoms with Gasteiger partial charge in [0.25, 0.3) is 10.0 Å². The summed E-state index contributed by atoms with van der Waals surface area (Å²) in [5, 5.41) is 1.77. The first-order valence-corrected chi connectivity index (χ1v) is 10.3. The lowest BCUT2D eigenvalue weighted by atomic mass is 10.1. The van der Waals surface area contributed by atoms with E-state index < -0.39 is 20.0 Å². The van der Waals surface area contributed by atoms with E-state index in [-0.39, 0.29) is 15.5 Å². The second-order valence-electron chi connectivity index (χ2n) is 5.35. The Morgan fingerprint density at radius 3 is 1.92 bits per heavy atom. The molecule has 3 aromatic carbocycles. The van der Waals surface area contributed by atoms with Crippen molar-refractivity contribution in [1.29, 1.82) is 0 Å². The van der Waals surface area contributed by atoms with Crippen LogP contribution >= 0.6 is 0 Å². The number of hydrogen-bond donors (Lipinski definition) is 2. The van der Waals surface area contributed by atoms with E-state index >= 15 is 0 Å². The van der Waals surface area contributed by atoms with Crippen molar-refractivity contribution in [2.24, 2.45) is 0 Å². The first-order chi connectivity index (χ1) is 11.8. The number of nitrogens with one attached hydrogen (secondary N) is 2. The molecule has 6 nitrogen and oxygen atoms in total. The standard InChI is InChI=1S/C17H16N2O4S2/c1-18-24(20,21)16-10-7-15(8-11-16)19-25(22,23)17-9-6-13-4-2-3-5-14(13)12-17/h2-12,18-19H,1H3. The molecule has 25 heavy (non-hydrogen) atoms. The van der Waals surface area contributed by atoms with E-state index in [1.807, 2.05) is 24.3 Å². The van der Waals surface area contributed by atoms with E-state index in [1.165, 1.54) is 37.4 Å². The first-order valence-electron chi connectivity index (χ1n) is 7.37. The van der Waals surface area contributed by atoms with Gasteiger partial charge in [-0.3, -0.25) is 4.72 Å². The van der Waals surface area contributed by atoms with Gasteiger partial charge in [-0.15, -0.1) is 0 Å². The normalized spacial score (nSPS) is 12.2. The molecule has 0 saturated heterocycles. The van der Waals surface area contributed by atoms with E-state index in [0.29, 0.717) is 0 Å². The van der Waals surface area contributed by atoms with Crippen LogP contribution in [0.15, 0.2) is 76.5 Å². The highest BCUT2D eigenvalue weighted by molar-refractivity contribution is 7.92. The Kier molecular flexibility index (Phi) is 4.51. The molecule has 0 heterocycles. The van der Waals surface area contributed by atoms with Gasteiger partial charge in [-0.05, 0) is 54.2 Å². The van der Waals surface area contributed by atoms with Crippen molar-refractivity contribution in [2.45, 2.75) is 9.79 Å². The van der Waals surface area contributed by atoms with Gasteiger partial charge in [0.2, 0.25) is 10.0 Å². The van der Waals surface area contributed by atoms with Gasteiger partial charge >= 0.3 is 0 Å². The molecule has 2 N–H and O–H groups in total. The Bertz CT molecular complexity index is 1120. The van der Waals surface area contributed by atoms with Crippen molar-refractivity contribution >= 4 is 36.5 Å². The highest BCUT2D eigenvalue weighted by atomic mass is 32.2. The highest BCUT2D eigenvalue weighted by Gasteiger charge is 2.16. The van der Waals surface area contributed by atoms with Gasteiger partial charge in [0.15, 0.2) is 0 Å². The molecule has 0 aliphatic carbocycles. The van der Waals surface area contributed by atoms with Crippen LogP contribution in [-0.2, 0) is 20.0 Å². The number of hydrogen-bond acceptors (Lipinski definition) is 4. The van der Waals surface area contributed by atoms with Crippen molar-refractivity contribution in [3.8, 4) is 0 Å². The predicted octanol–water partition coefficient (Wildman–Crippen LogP) is 2.55. The van der Waals surface area contributed by atoms with Gasteiger partial charge in [0, 0.05) is 5.69 Å². The minimum atomic E-state index is -3.77. The summed E-state index contributed by atoms with van der Waals surface area (Å²) < 4.78 is 53.1. The van der Waals surface area contributed by atoms with Crippen LogP contribution in [0.2, 0.25) is 0 Å². The summed E-state index contributed by atoms with van der Waals surface area (Å²) in [4.78, 5) is 0.196. The van der Waals surface area contributed by atoms with Crippen LogP contribution in [0.1, 0.15) is 0 Å². The molecule has 0 radical (unpaired) electrons. The molecule has 0 aliphatic heterocycles. The number of benzene rings is 3. The molecule has 0 aliphatic rings. The van der Waals surface area contributed by atoms with Crippen LogP contribution in [0.4, 0.5) is 5.69 Å². The van der Waals surface area contributed by atoms with Gasteiger partial charge in [-0.2, -0.15) is 0 Å². The number of sulfonamides is 2. The maximum absolute atomic E-state index is 12.5. The second-order valence-corrected chi connectivity index (χ2v) is 8.92. The minimum Gasteiger partial charge on any atom is -0.280 e. The molecule has 0 unspecified atom stereocenters. The van der Waals surface area contributed by atoms with Crippen molar-refractivity contribution < 1.29 is 16.8 Å². The lowest BCUT2D eigenvalue weighted by Crippen LogP contribution is -2.18. The molecule has 0 fully saturated rings. The molecule has 8 heteroatoms. The van der Waals surface area contributed by atoms with E-state index in [0.717, 1.165) is 10.8 Å². The van der Waals surface area contributed by atoms with Gasteiger partial charge in [-0.25, -0.2) is 21.6 Å². The van der Waals surface area contributed by atoms with Crippen molar-refractivity contribution in [1.82, 2.24) is 4.72 Å². The number of fused-ring (bicyclic) bond motifs is 1. The summed E-state index contributed by atoms with van der Waals surface area (Å²) in [6, 6.07) is 17.8. The van der Waals surface area contributed by atoms with Crippen LogP contribution < -0.4 is 9.44 Å². The van der Waals surface area contributed by atoms with Gasteiger partial charge in [0.05, 0.1) is 9.79 Å². The lowest BCUT2D eigenvalue weighted by molar-refractivity contribution is 0.588. The van der Waals surface area contributed by atoms with Crippen LogP contribution in [0, 0.1) is 0 Å². The summed E-state index contributed by atoms with van der Waals surface area (Å²) in [6.07, 6.45) is 0. The minimum absolute atomic E-state index is 0.0589. The van der Waals surface area contributed by atoms with Gasteiger partial charge in [-0.1, -0.05) is 30.3 Å². The molecule has 0 aromatic heterocycles. The van der Waals surface area contributed by atoms with E-state index in [1.54, 1.807) is 12.1 Å². The Labute approximate surface area is 146 Å². The van der Waals surface area contributed by atoms with E-state index in [4.69, 9.17) is 0 Å². The lowest BCUT2D eigenvalue weighted by Gasteiger charge is -2.10.